The Hall–Kier alpha value is -1.88. The molecule has 2 aromatic rings. The highest BCUT2D eigenvalue weighted by Crippen LogP contribution is 2.23. The molecule has 1 fully saturated rings. The molecular weight excluding hydrogens is 471 g/mol. The smallest absolute Gasteiger partial charge is 0.194 e. The first-order valence-corrected chi connectivity index (χ1v) is 9.18. The van der Waals surface area contributed by atoms with Crippen molar-refractivity contribution in [1.29, 1.82) is 0 Å². The minimum atomic E-state index is 0. The molecule has 28 heavy (non-hydrogen) atoms. The van der Waals surface area contributed by atoms with Crippen molar-refractivity contribution in [2.75, 3.05) is 40.3 Å². The molecule has 0 aromatic carbocycles. The fourth-order valence-corrected chi connectivity index (χ4v) is 3.41. The number of pyridine rings is 1. The summed E-state index contributed by atoms with van der Waals surface area (Å²) in [6.07, 6.45) is 3.47. The standard InChI is InChI=1S/C19H28N6O2.HI/c1-14-11-21-17(15(2)18(14)26-4)12-22-19(20-3)25-8-6-24(7-9-25)13-16-5-10-27-23-16;/h5,10-11H,6-9,12-13H2,1-4H3,(H,20,22);1H. The molecule has 3 rings (SSSR count). The van der Waals surface area contributed by atoms with E-state index >= 15 is 0 Å². The second kappa shape index (κ2) is 10.6. The van der Waals surface area contributed by atoms with Crippen LogP contribution in [-0.2, 0) is 13.1 Å². The lowest BCUT2D eigenvalue weighted by Gasteiger charge is -2.36. The number of halogens is 1. The molecule has 1 N–H and O–H groups in total. The summed E-state index contributed by atoms with van der Waals surface area (Å²) in [5.41, 5.74) is 4.06. The van der Waals surface area contributed by atoms with Gasteiger partial charge in [-0.1, -0.05) is 5.16 Å². The number of nitrogens with zero attached hydrogens (tertiary/aromatic N) is 5. The van der Waals surface area contributed by atoms with Crippen LogP contribution < -0.4 is 10.1 Å². The van der Waals surface area contributed by atoms with Gasteiger partial charge in [0.1, 0.15) is 12.0 Å². The molecule has 0 saturated carbocycles. The Morgan fingerprint density at radius 1 is 1.29 bits per heavy atom. The first-order chi connectivity index (χ1) is 13.1. The molecule has 2 aromatic heterocycles. The van der Waals surface area contributed by atoms with Crippen LogP contribution in [0.15, 0.2) is 28.0 Å². The highest BCUT2D eigenvalue weighted by molar-refractivity contribution is 14.0. The summed E-state index contributed by atoms with van der Waals surface area (Å²) in [6.45, 7) is 9.25. The molecule has 0 unspecified atom stereocenters. The Bertz CT molecular complexity index is 773. The number of hydrogen-bond acceptors (Lipinski definition) is 6. The van der Waals surface area contributed by atoms with Crippen molar-refractivity contribution >= 4 is 29.9 Å². The van der Waals surface area contributed by atoms with Gasteiger partial charge in [0.2, 0.25) is 0 Å². The lowest BCUT2D eigenvalue weighted by Crippen LogP contribution is -2.52. The van der Waals surface area contributed by atoms with Crippen molar-refractivity contribution < 1.29 is 9.26 Å². The number of hydrogen-bond donors (Lipinski definition) is 1. The number of ether oxygens (including phenoxy) is 1. The van der Waals surface area contributed by atoms with Crippen LogP contribution in [0.1, 0.15) is 22.5 Å². The van der Waals surface area contributed by atoms with Gasteiger partial charge in [-0.25, -0.2) is 0 Å². The van der Waals surface area contributed by atoms with Gasteiger partial charge in [-0.05, 0) is 13.8 Å². The lowest BCUT2D eigenvalue weighted by atomic mass is 10.1. The van der Waals surface area contributed by atoms with E-state index in [9.17, 15) is 0 Å². The first kappa shape index (κ1) is 22.4. The van der Waals surface area contributed by atoms with Gasteiger partial charge in [0.05, 0.1) is 25.0 Å². The lowest BCUT2D eigenvalue weighted by molar-refractivity contribution is 0.169. The number of rotatable bonds is 5. The maximum Gasteiger partial charge on any atom is 0.194 e. The number of guanidine groups is 1. The van der Waals surface area contributed by atoms with Crippen molar-refractivity contribution in [3.63, 3.8) is 0 Å². The van der Waals surface area contributed by atoms with E-state index in [0.29, 0.717) is 6.54 Å². The van der Waals surface area contributed by atoms with E-state index in [2.05, 4.69) is 30.2 Å². The average molecular weight is 500 g/mol. The maximum absolute atomic E-state index is 5.49. The molecule has 0 spiro atoms. The van der Waals surface area contributed by atoms with Gasteiger partial charge >= 0.3 is 0 Å². The SMILES string of the molecule is CN=C(NCc1ncc(C)c(OC)c1C)N1CCN(Cc2ccon2)CC1.I. The largest absolute Gasteiger partial charge is 0.496 e. The van der Waals surface area contributed by atoms with Crippen molar-refractivity contribution in [2.45, 2.75) is 26.9 Å². The van der Waals surface area contributed by atoms with Gasteiger partial charge in [0.25, 0.3) is 0 Å². The van der Waals surface area contributed by atoms with E-state index in [1.54, 1.807) is 13.4 Å². The Morgan fingerprint density at radius 2 is 2.04 bits per heavy atom. The van der Waals surface area contributed by atoms with Crippen LogP contribution in [0.5, 0.6) is 5.75 Å². The van der Waals surface area contributed by atoms with Crippen LogP contribution >= 0.6 is 24.0 Å². The van der Waals surface area contributed by atoms with E-state index in [1.807, 2.05) is 33.2 Å². The first-order valence-electron chi connectivity index (χ1n) is 9.18. The molecule has 1 aliphatic rings. The minimum absolute atomic E-state index is 0. The number of aliphatic imine (C=N–C) groups is 1. The molecular formula is C19H29IN6O2. The predicted molar refractivity (Wildman–Crippen MR) is 119 cm³/mol. The second-order valence-corrected chi connectivity index (χ2v) is 6.70. The Morgan fingerprint density at radius 3 is 2.64 bits per heavy atom. The zero-order valence-electron chi connectivity index (χ0n) is 16.9. The molecule has 0 aliphatic carbocycles. The van der Waals surface area contributed by atoms with Crippen LogP contribution in [0, 0.1) is 13.8 Å². The summed E-state index contributed by atoms with van der Waals surface area (Å²) in [4.78, 5) is 13.6. The highest BCUT2D eigenvalue weighted by Gasteiger charge is 2.20. The van der Waals surface area contributed by atoms with E-state index in [0.717, 1.165) is 66.9 Å². The number of piperazine rings is 1. The third kappa shape index (κ3) is 5.34. The molecule has 3 heterocycles. The summed E-state index contributed by atoms with van der Waals surface area (Å²) in [6, 6.07) is 1.91. The summed E-state index contributed by atoms with van der Waals surface area (Å²) in [5.74, 6) is 1.80. The summed E-state index contributed by atoms with van der Waals surface area (Å²) in [5, 5.41) is 7.43. The van der Waals surface area contributed by atoms with Gasteiger partial charge in [0, 0.05) is 63.2 Å². The third-order valence-corrected chi connectivity index (χ3v) is 4.92. The normalized spacial score (nSPS) is 15.3. The monoisotopic (exact) mass is 500 g/mol. The second-order valence-electron chi connectivity index (χ2n) is 6.70. The number of nitrogens with one attached hydrogen (secondary N) is 1. The van der Waals surface area contributed by atoms with Gasteiger partial charge in [-0.3, -0.25) is 14.9 Å². The van der Waals surface area contributed by atoms with Crippen LogP contribution in [0.25, 0.3) is 0 Å². The van der Waals surface area contributed by atoms with Crippen LogP contribution in [0.4, 0.5) is 0 Å². The molecule has 8 nitrogen and oxygen atoms in total. The van der Waals surface area contributed by atoms with E-state index in [-0.39, 0.29) is 24.0 Å². The Kier molecular flexibility index (Phi) is 8.49. The topological polar surface area (TPSA) is 79.0 Å². The van der Waals surface area contributed by atoms with Crippen LogP contribution in [0.2, 0.25) is 0 Å². The zero-order valence-corrected chi connectivity index (χ0v) is 19.3. The van der Waals surface area contributed by atoms with Gasteiger partial charge in [0.15, 0.2) is 5.96 Å². The van der Waals surface area contributed by atoms with E-state index in [4.69, 9.17) is 9.26 Å². The Balaban J connectivity index is 0.00000280. The van der Waals surface area contributed by atoms with Crippen molar-refractivity contribution in [2.24, 2.45) is 4.99 Å². The van der Waals surface area contributed by atoms with Crippen molar-refractivity contribution in [3.05, 3.63) is 41.0 Å². The number of aryl methyl sites for hydroxylation is 1. The summed E-state index contributed by atoms with van der Waals surface area (Å²) in [7, 11) is 3.52. The maximum atomic E-state index is 5.49. The average Bonchev–Trinajstić information content (AvgIpc) is 3.18. The number of methoxy groups -OCH3 is 1. The molecule has 0 atom stereocenters. The molecule has 154 valence electrons. The number of aromatic nitrogens is 2. The molecule has 1 saturated heterocycles. The van der Waals surface area contributed by atoms with E-state index < -0.39 is 0 Å². The molecule has 0 radical (unpaired) electrons. The van der Waals surface area contributed by atoms with E-state index in [1.165, 1.54) is 0 Å². The third-order valence-electron chi connectivity index (χ3n) is 4.92. The van der Waals surface area contributed by atoms with Gasteiger partial charge < -0.3 is 19.5 Å². The van der Waals surface area contributed by atoms with Crippen LogP contribution in [-0.4, -0.2) is 66.2 Å². The quantitative estimate of drug-likeness (QED) is 0.383. The van der Waals surface area contributed by atoms with Gasteiger partial charge in [-0.15, -0.1) is 24.0 Å². The molecule has 0 bridgehead atoms. The zero-order chi connectivity index (χ0) is 19.2. The van der Waals surface area contributed by atoms with Crippen molar-refractivity contribution in [1.82, 2.24) is 25.3 Å². The fraction of sp³-hybridized carbons (Fsp3) is 0.526. The molecule has 0 amide bonds. The van der Waals surface area contributed by atoms with Gasteiger partial charge in [-0.2, -0.15) is 0 Å². The van der Waals surface area contributed by atoms with Crippen molar-refractivity contribution in [3.8, 4) is 5.75 Å². The Labute approximate surface area is 183 Å². The molecule has 9 heteroatoms. The summed E-state index contributed by atoms with van der Waals surface area (Å²) < 4.78 is 10.4. The summed E-state index contributed by atoms with van der Waals surface area (Å²) >= 11 is 0. The minimum Gasteiger partial charge on any atom is -0.496 e. The predicted octanol–water partition coefficient (Wildman–Crippen LogP) is 2.21. The fourth-order valence-electron chi connectivity index (χ4n) is 3.41. The molecule has 1 aliphatic heterocycles. The van der Waals surface area contributed by atoms with Crippen LogP contribution in [0.3, 0.4) is 0 Å². The highest BCUT2D eigenvalue weighted by atomic mass is 127.